The van der Waals surface area contributed by atoms with E-state index >= 15 is 0 Å². The number of sulfone groups is 1. The van der Waals surface area contributed by atoms with Crippen LogP contribution in [0.25, 0.3) is 0 Å². The molecule has 0 atom stereocenters. The van der Waals surface area contributed by atoms with E-state index in [0.717, 1.165) is 6.33 Å². The zero-order valence-corrected chi connectivity index (χ0v) is 10.9. The van der Waals surface area contributed by atoms with Crippen molar-refractivity contribution >= 4 is 21.4 Å². The average Bonchev–Trinajstić information content (AvgIpc) is 2.39. The maximum absolute atomic E-state index is 12.2. The highest BCUT2D eigenvalue weighted by Gasteiger charge is 2.19. The van der Waals surface area contributed by atoms with Crippen molar-refractivity contribution in [3.8, 4) is 5.75 Å². The zero-order chi connectivity index (χ0) is 13.2. The van der Waals surface area contributed by atoms with Crippen molar-refractivity contribution in [1.82, 2.24) is 9.97 Å². The molecule has 1 heterocycles. The number of hydrogen-bond acceptors (Lipinski definition) is 5. The van der Waals surface area contributed by atoms with Crippen LogP contribution in [0.2, 0.25) is 5.15 Å². The van der Waals surface area contributed by atoms with Crippen LogP contribution in [0.1, 0.15) is 0 Å². The summed E-state index contributed by atoms with van der Waals surface area (Å²) in [5.41, 5.74) is 0. The van der Waals surface area contributed by atoms with Gasteiger partial charge in [-0.1, -0.05) is 11.6 Å². The van der Waals surface area contributed by atoms with Crippen LogP contribution in [-0.2, 0) is 9.84 Å². The number of halogens is 1. The molecule has 0 aliphatic carbocycles. The predicted molar refractivity (Wildman–Crippen MR) is 65.5 cm³/mol. The van der Waals surface area contributed by atoms with Crippen LogP contribution in [0.5, 0.6) is 5.75 Å². The van der Waals surface area contributed by atoms with Crippen molar-refractivity contribution < 1.29 is 13.2 Å². The molecule has 0 spiro atoms. The topological polar surface area (TPSA) is 69.2 Å². The summed E-state index contributed by atoms with van der Waals surface area (Å²) in [6.07, 6.45) is 1.11. The second-order valence-electron chi connectivity index (χ2n) is 3.36. The molecule has 0 fully saturated rings. The van der Waals surface area contributed by atoms with Crippen molar-refractivity contribution in [2.75, 3.05) is 7.11 Å². The molecule has 2 rings (SSSR count). The highest BCUT2D eigenvalue weighted by Crippen LogP contribution is 2.22. The van der Waals surface area contributed by atoms with E-state index in [9.17, 15) is 8.42 Å². The number of ether oxygens (including phenoxy) is 1. The van der Waals surface area contributed by atoms with Crippen molar-refractivity contribution in [1.29, 1.82) is 0 Å². The van der Waals surface area contributed by atoms with E-state index in [4.69, 9.17) is 16.3 Å². The molecule has 0 N–H and O–H groups in total. The minimum Gasteiger partial charge on any atom is -0.497 e. The summed E-state index contributed by atoms with van der Waals surface area (Å²) >= 11 is 5.65. The van der Waals surface area contributed by atoms with Gasteiger partial charge in [-0.3, -0.25) is 0 Å². The number of methoxy groups -OCH3 is 1. The van der Waals surface area contributed by atoms with Gasteiger partial charge in [0.2, 0.25) is 9.84 Å². The molecule has 0 unspecified atom stereocenters. The third-order valence-corrected chi connectivity index (χ3v) is 4.13. The first-order valence-electron chi connectivity index (χ1n) is 4.91. The Bertz CT molecular complexity index is 656. The zero-order valence-electron chi connectivity index (χ0n) is 9.37. The number of nitrogens with zero attached hydrogens (tertiary/aromatic N) is 2. The van der Waals surface area contributed by atoms with Gasteiger partial charge < -0.3 is 4.74 Å². The van der Waals surface area contributed by atoms with Gasteiger partial charge in [0, 0.05) is 6.07 Å². The molecule has 7 heteroatoms. The number of benzene rings is 1. The van der Waals surface area contributed by atoms with Crippen LogP contribution in [-0.4, -0.2) is 25.5 Å². The van der Waals surface area contributed by atoms with Crippen LogP contribution >= 0.6 is 11.6 Å². The van der Waals surface area contributed by atoms with E-state index < -0.39 is 9.84 Å². The average molecular weight is 285 g/mol. The molecular weight excluding hydrogens is 276 g/mol. The lowest BCUT2D eigenvalue weighted by Crippen LogP contribution is -2.04. The molecule has 1 aromatic carbocycles. The molecule has 0 amide bonds. The Morgan fingerprint density at radius 2 is 1.83 bits per heavy atom. The number of hydrogen-bond donors (Lipinski definition) is 0. The molecule has 94 valence electrons. The number of aromatic nitrogens is 2. The van der Waals surface area contributed by atoms with Crippen molar-refractivity contribution in [2.45, 2.75) is 9.92 Å². The quantitative estimate of drug-likeness (QED) is 0.806. The SMILES string of the molecule is COc1ccc(S(=O)(=O)c2cc(Cl)ncn2)cc1. The summed E-state index contributed by atoms with van der Waals surface area (Å²) in [7, 11) is -2.17. The Balaban J connectivity index is 2.47. The summed E-state index contributed by atoms with van der Waals surface area (Å²) in [5.74, 6) is 0.578. The molecular formula is C11H9ClN2O3S. The third kappa shape index (κ3) is 2.44. The second kappa shape index (κ2) is 4.91. The Labute approximate surface area is 109 Å². The molecule has 0 aliphatic heterocycles. The van der Waals surface area contributed by atoms with Gasteiger partial charge in [0.1, 0.15) is 17.2 Å². The van der Waals surface area contributed by atoms with E-state index in [-0.39, 0.29) is 15.1 Å². The summed E-state index contributed by atoms with van der Waals surface area (Å²) in [6, 6.07) is 7.24. The maximum atomic E-state index is 12.2. The largest absolute Gasteiger partial charge is 0.497 e. The van der Waals surface area contributed by atoms with Crippen LogP contribution < -0.4 is 4.74 Å². The van der Waals surface area contributed by atoms with Crippen molar-refractivity contribution in [3.05, 3.63) is 41.8 Å². The van der Waals surface area contributed by atoms with Gasteiger partial charge in [-0.05, 0) is 24.3 Å². The summed E-state index contributed by atoms with van der Waals surface area (Å²) in [6.45, 7) is 0. The first-order valence-corrected chi connectivity index (χ1v) is 6.77. The van der Waals surface area contributed by atoms with Crippen LogP contribution in [0, 0.1) is 0 Å². The van der Waals surface area contributed by atoms with Crippen molar-refractivity contribution in [2.24, 2.45) is 0 Å². The Morgan fingerprint density at radius 1 is 1.17 bits per heavy atom. The Hall–Kier alpha value is -1.66. The summed E-state index contributed by atoms with van der Waals surface area (Å²) in [5, 5.41) is -0.0512. The van der Waals surface area contributed by atoms with E-state index in [1.54, 1.807) is 12.1 Å². The number of rotatable bonds is 3. The normalized spacial score (nSPS) is 11.2. The van der Waals surface area contributed by atoms with Gasteiger partial charge >= 0.3 is 0 Å². The van der Waals surface area contributed by atoms with E-state index in [1.807, 2.05) is 0 Å². The molecule has 0 saturated heterocycles. The lowest BCUT2D eigenvalue weighted by molar-refractivity contribution is 0.414. The third-order valence-electron chi connectivity index (χ3n) is 2.25. The Morgan fingerprint density at radius 3 is 2.39 bits per heavy atom. The fraction of sp³-hybridized carbons (Fsp3) is 0.0909. The minimum atomic E-state index is -3.68. The van der Waals surface area contributed by atoms with Gasteiger partial charge in [0.15, 0.2) is 5.03 Å². The van der Waals surface area contributed by atoms with Gasteiger partial charge in [-0.25, -0.2) is 18.4 Å². The summed E-state index contributed by atoms with van der Waals surface area (Å²) in [4.78, 5) is 7.48. The van der Waals surface area contributed by atoms with Gasteiger partial charge in [-0.15, -0.1) is 0 Å². The van der Waals surface area contributed by atoms with Crippen LogP contribution in [0.4, 0.5) is 0 Å². The molecule has 2 aromatic rings. The molecule has 5 nitrogen and oxygen atoms in total. The van der Waals surface area contributed by atoms with Crippen LogP contribution in [0.15, 0.2) is 46.6 Å². The monoisotopic (exact) mass is 284 g/mol. The molecule has 1 aromatic heterocycles. The summed E-state index contributed by atoms with van der Waals surface area (Å²) < 4.78 is 29.4. The molecule has 0 bridgehead atoms. The highest BCUT2D eigenvalue weighted by atomic mass is 35.5. The fourth-order valence-electron chi connectivity index (χ4n) is 1.34. The van der Waals surface area contributed by atoms with E-state index in [2.05, 4.69) is 9.97 Å². The van der Waals surface area contributed by atoms with Gasteiger partial charge in [0.05, 0.1) is 12.0 Å². The Kier molecular flexibility index (Phi) is 3.49. The van der Waals surface area contributed by atoms with Crippen LogP contribution in [0.3, 0.4) is 0 Å². The first-order chi connectivity index (χ1) is 8.54. The lowest BCUT2D eigenvalue weighted by Gasteiger charge is -2.04. The second-order valence-corrected chi connectivity index (χ2v) is 5.64. The van der Waals surface area contributed by atoms with Gasteiger partial charge in [0.25, 0.3) is 0 Å². The fourth-order valence-corrected chi connectivity index (χ4v) is 2.74. The van der Waals surface area contributed by atoms with E-state index in [0.29, 0.717) is 5.75 Å². The first kappa shape index (κ1) is 12.8. The minimum absolute atomic E-state index is 0.0806. The lowest BCUT2D eigenvalue weighted by atomic mass is 10.3. The van der Waals surface area contributed by atoms with E-state index in [1.165, 1.54) is 25.3 Å². The highest BCUT2D eigenvalue weighted by molar-refractivity contribution is 7.91. The molecule has 0 aliphatic rings. The molecule has 0 radical (unpaired) electrons. The predicted octanol–water partition coefficient (Wildman–Crippen LogP) is 1.97. The van der Waals surface area contributed by atoms with Crippen molar-refractivity contribution in [3.63, 3.8) is 0 Å². The molecule has 18 heavy (non-hydrogen) atoms. The smallest absolute Gasteiger partial charge is 0.224 e. The van der Waals surface area contributed by atoms with Gasteiger partial charge in [-0.2, -0.15) is 0 Å². The standard InChI is InChI=1S/C11H9ClN2O3S/c1-17-8-2-4-9(5-3-8)18(15,16)11-6-10(12)13-7-14-11/h2-7H,1H3. The molecule has 0 saturated carbocycles. The maximum Gasteiger partial charge on any atom is 0.224 e.